The Morgan fingerprint density at radius 2 is 2.07 bits per heavy atom. The zero-order chi connectivity index (χ0) is 9.12. The van der Waals surface area contributed by atoms with Gasteiger partial charge in [-0.2, -0.15) is 0 Å². The summed E-state index contributed by atoms with van der Waals surface area (Å²) in [5.74, 6) is 2.48. The summed E-state index contributed by atoms with van der Waals surface area (Å²) >= 11 is 0. The van der Waals surface area contributed by atoms with Crippen molar-refractivity contribution in [2.75, 3.05) is 19.8 Å². The van der Waals surface area contributed by atoms with Crippen molar-refractivity contribution in [3.63, 3.8) is 0 Å². The SMILES string of the molecule is C(OCC1CC2CC1C1OC21)C1CO1. The lowest BCUT2D eigenvalue weighted by Crippen LogP contribution is -2.23. The first-order valence-corrected chi connectivity index (χ1v) is 5.76. The van der Waals surface area contributed by atoms with Crippen molar-refractivity contribution in [3.8, 4) is 0 Å². The van der Waals surface area contributed by atoms with Crippen molar-refractivity contribution in [3.05, 3.63) is 0 Å². The van der Waals surface area contributed by atoms with E-state index in [2.05, 4.69) is 0 Å². The van der Waals surface area contributed by atoms with E-state index >= 15 is 0 Å². The number of hydrogen-bond acceptors (Lipinski definition) is 3. The van der Waals surface area contributed by atoms with Gasteiger partial charge in [0, 0.05) is 6.61 Å². The Morgan fingerprint density at radius 3 is 2.79 bits per heavy atom. The van der Waals surface area contributed by atoms with Crippen LogP contribution < -0.4 is 0 Å². The molecule has 0 aromatic rings. The van der Waals surface area contributed by atoms with Crippen LogP contribution in [0.25, 0.3) is 0 Å². The van der Waals surface area contributed by atoms with Crippen LogP contribution >= 0.6 is 0 Å². The van der Waals surface area contributed by atoms with Crippen LogP contribution in [0.5, 0.6) is 0 Å². The summed E-state index contributed by atoms with van der Waals surface area (Å²) in [5, 5.41) is 0. The van der Waals surface area contributed by atoms with E-state index in [9.17, 15) is 0 Å². The highest BCUT2D eigenvalue weighted by Gasteiger charge is 2.62. The van der Waals surface area contributed by atoms with Crippen LogP contribution in [0.15, 0.2) is 0 Å². The smallest absolute Gasteiger partial charge is 0.104 e. The van der Waals surface area contributed by atoms with Crippen molar-refractivity contribution in [2.45, 2.75) is 31.2 Å². The highest BCUT2D eigenvalue weighted by Crippen LogP contribution is 2.58. The number of hydrogen-bond donors (Lipinski definition) is 0. The van der Waals surface area contributed by atoms with Crippen molar-refractivity contribution in [1.29, 1.82) is 0 Å². The summed E-state index contributed by atoms with van der Waals surface area (Å²) in [6.07, 6.45) is 4.45. The zero-order valence-corrected chi connectivity index (χ0v) is 8.22. The zero-order valence-electron chi connectivity index (χ0n) is 8.22. The summed E-state index contributed by atoms with van der Waals surface area (Å²) in [7, 11) is 0. The number of rotatable bonds is 4. The third-order valence-corrected chi connectivity index (χ3v) is 4.27. The van der Waals surface area contributed by atoms with Gasteiger partial charge in [-0.25, -0.2) is 0 Å². The maximum atomic E-state index is 5.68. The molecule has 2 heterocycles. The van der Waals surface area contributed by atoms with Crippen LogP contribution in [-0.4, -0.2) is 38.1 Å². The fraction of sp³-hybridized carbons (Fsp3) is 1.00. The lowest BCUT2D eigenvalue weighted by atomic mass is 9.89. The Hall–Kier alpha value is -0.120. The van der Waals surface area contributed by atoms with Gasteiger partial charge in [-0.3, -0.25) is 0 Å². The largest absolute Gasteiger partial charge is 0.378 e. The van der Waals surface area contributed by atoms with Gasteiger partial charge in [-0.05, 0) is 30.6 Å². The molecule has 3 nitrogen and oxygen atoms in total. The van der Waals surface area contributed by atoms with Gasteiger partial charge in [-0.1, -0.05) is 0 Å². The second kappa shape index (κ2) is 2.71. The molecule has 4 fully saturated rings. The van der Waals surface area contributed by atoms with Gasteiger partial charge in [0.1, 0.15) is 6.10 Å². The molecule has 4 aliphatic rings. The van der Waals surface area contributed by atoms with E-state index < -0.39 is 0 Å². The maximum Gasteiger partial charge on any atom is 0.104 e. The minimum absolute atomic E-state index is 0.415. The normalized spacial score (nSPS) is 57.4. The Labute approximate surface area is 83.7 Å². The van der Waals surface area contributed by atoms with Gasteiger partial charge in [0.2, 0.25) is 0 Å². The highest BCUT2D eigenvalue weighted by molar-refractivity contribution is 5.10. The second-order valence-corrected chi connectivity index (χ2v) is 5.21. The predicted molar refractivity (Wildman–Crippen MR) is 48.9 cm³/mol. The van der Waals surface area contributed by atoms with E-state index in [-0.39, 0.29) is 0 Å². The average Bonchev–Trinajstić information content (AvgIpc) is 3.08. The van der Waals surface area contributed by atoms with Crippen LogP contribution in [0.1, 0.15) is 12.8 Å². The standard InChI is InChI=1S/C11H16O3/c1-6-2-9(11-10(6)14-11)7(1)3-12-4-8-5-13-8/h6-11H,1-5H2. The fourth-order valence-corrected chi connectivity index (χ4v) is 3.44. The molecule has 0 aromatic heterocycles. The molecule has 0 amide bonds. The summed E-state index contributed by atoms with van der Waals surface area (Å²) in [5.41, 5.74) is 0. The van der Waals surface area contributed by atoms with Gasteiger partial charge < -0.3 is 14.2 Å². The molecule has 0 aromatic carbocycles. The van der Waals surface area contributed by atoms with Crippen molar-refractivity contribution in [1.82, 2.24) is 0 Å². The van der Waals surface area contributed by atoms with Gasteiger partial charge in [0.25, 0.3) is 0 Å². The average molecular weight is 196 g/mol. The molecule has 3 heteroatoms. The minimum Gasteiger partial charge on any atom is -0.378 e. The minimum atomic E-state index is 0.415. The molecule has 6 unspecified atom stereocenters. The Kier molecular flexibility index (Phi) is 1.57. The molecule has 4 rings (SSSR count). The van der Waals surface area contributed by atoms with E-state index in [1.165, 1.54) is 12.8 Å². The number of epoxide rings is 2. The molecule has 14 heavy (non-hydrogen) atoms. The first-order chi connectivity index (χ1) is 6.92. The van der Waals surface area contributed by atoms with Gasteiger partial charge in [-0.15, -0.1) is 0 Å². The molecule has 2 saturated heterocycles. The van der Waals surface area contributed by atoms with Crippen LogP contribution in [0.3, 0.4) is 0 Å². The van der Waals surface area contributed by atoms with E-state index in [0.717, 1.165) is 37.6 Å². The summed E-state index contributed by atoms with van der Waals surface area (Å²) < 4.78 is 16.4. The van der Waals surface area contributed by atoms with E-state index in [4.69, 9.17) is 14.2 Å². The first-order valence-electron chi connectivity index (χ1n) is 5.76. The topological polar surface area (TPSA) is 34.3 Å². The fourth-order valence-electron chi connectivity index (χ4n) is 3.44. The van der Waals surface area contributed by atoms with Crippen molar-refractivity contribution < 1.29 is 14.2 Å². The summed E-state index contributed by atoms with van der Waals surface area (Å²) in [6.45, 7) is 2.65. The first kappa shape index (κ1) is 8.08. The summed E-state index contributed by atoms with van der Waals surface area (Å²) in [4.78, 5) is 0. The lowest BCUT2D eigenvalue weighted by Gasteiger charge is -2.18. The molecule has 2 aliphatic heterocycles. The molecule has 2 saturated carbocycles. The van der Waals surface area contributed by atoms with Crippen LogP contribution in [-0.2, 0) is 14.2 Å². The number of fused-ring (bicyclic) bond motifs is 5. The highest BCUT2D eigenvalue weighted by atomic mass is 16.6. The summed E-state index contributed by atoms with van der Waals surface area (Å²) in [6, 6.07) is 0. The van der Waals surface area contributed by atoms with Crippen molar-refractivity contribution >= 4 is 0 Å². The van der Waals surface area contributed by atoms with Crippen molar-refractivity contribution in [2.24, 2.45) is 17.8 Å². The van der Waals surface area contributed by atoms with E-state index in [1.807, 2.05) is 0 Å². The molecule has 78 valence electrons. The third kappa shape index (κ3) is 1.16. The van der Waals surface area contributed by atoms with E-state index in [1.54, 1.807) is 0 Å². The molecule has 2 aliphatic carbocycles. The molecule has 0 radical (unpaired) electrons. The predicted octanol–water partition coefficient (Wildman–Crippen LogP) is 0.825. The van der Waals surface area contributed by atoms with E-state index in [0.29, 0.717) is 18.3 Å². The molecule has 6 atom stereocenters. The van der Waals surface area contributed by atoms with Crippen LogP contribution in [0, 0.1) is 17.8 Å². The quantitative estimate of drug-likeness (QED) is 0.624. The monoisotopic (exact) mass is 196 g/mol. The van der Waals surface area contributed by atoms with Crippen LogP contribution in [0.2, 0.25) is 0 Å². The molecule has 2 bridgehead atoms. The second-order valence-electron chi connectivity index (χ2n) is 5.21. The van der Waals surface area contributed by atoms with Crippen LogP contribution in [0.4, 0.5) is 0 Å². The lowest BCUT2D eigenvalue weighted by molar-refractivity contribution is 0.0683. The maximum absolute atomic E-state index is 5.68. The third-order valence-electron chi connectivity index (χ3n) is 4.27. The molecule has 0 spiro atoms. The Balaban J connectivity index is 1.30. The molecule has 0 N–H and O–H groups in total. The van der Waals surface area contributed by atoms with Gasteiger partial charge >= 0.3 is 0 Å². The van der Waals surface area contributed by atoms with Gasteiger partial charge in [0.15, 0.2) is 0 Å². The molecular weight excluding hydrogens is 180 g/mol. The number of ether oxygens (including phenoxy) is 3. The Morgan fingerprint density at radius 1 is 1.14 bits per heavy atom. The molecular formula is C11H16O3. The van der Waals surface area contributed by atoms with Gasteiger partial charge in [0.05, 0.1) is 25.4 Å². The Bertz CT molecular complexity index is 251.